The molecule has 0 radical (unpaired) electrons. The third-order valence-corrected chi connectivity index (χ3v) is 5.34. The third kappa shape index (κ3) is 3.64. The van der Waals surface area contributed by atoms with Crippen molar-refractivity contribution < 1.29 is 19.0 Å². The van der Waals surface area contributed by atoms with Crippen LogP contribution in [0.4, 0.5) is 0 Å². The maximum atomic E-state index is 12.6. The second kappa shape index (κ2) is 7.44. The molecule has 2 aliphatic rings. The highest BCUT2D eigenvalue weighted by molar-refractivity contribution is 5.85. The molecule has 1 amide bonds. The van der Waals surface area contributed by atoms with E-state index in [1.807, 2.05) is 31.9 Å². The fourth-order valence-electron chi connectivity index (χ4n) is 3.94. The molecule has 146 valence electrons. The van der Waals surface area contributed by atoms with E-state index in [0.29, 0.717) is 38.1 Å². The van der Waals surface area contributed by atoms with E-state index in [9.17, 15) is 4.79 Å². The summed E-state index contributed by atoms with van der Waals surface area (Å²) in [4.78, 5) is 18.9. The maximum absolute atomic E-state index is 12.6. The number of piperidine rings is 1. The van der Waals surface area contributed by atoms with E-state index in [2.05, 4.69) is 10.1 Å². The van der Waals surface area contributed by atoms with Gasteiger partial charge in [-0.15, -0.1) is 5.10 Å². The summed E-state index contributed by atoms with van der Waals surface area (Å²) in [6.07, 6.45) is 1.69. The van der Waals surface area contributed by atoms with E-state index in [1.165, 1.54) is 0 Å². The van der Waals surface area contributed by atoms with Crippen molar-refractivity contribution in [2.45, 2.75) is 33.0 Å². The van der Waals surface area contributed by atoms with Crippen LogP contribution in [0.2, 0.25) is 0 Å². The van der Waals surface area contributed by atoms with Crippen molar-refractivity contribution in [2.75, 3.05) is 32.9 Å². The van der Waals surface area contributed by atoms with Crippen molar-refractivity contribution in [3.05, 3.63) is 17.3 Å². The lowest BCUT2D eigenvalue weighted by Gasteiger charge is -2.33. The lowest BCUT2D eigenvalue weighted by molar-refractivity contribution is -0.138. The van der Waals surface area contributed by atoms with Crippen molar-refractivity contribution in [2.24, 2.45) is 13.0 Å². The Hall–Kier alpha value is -2.19. The number of ether oxygens (including phenoxy) is 3. The predicted octanol–water partition coefficient (Wildman–Crippen LogP) is 1.58. The molecule has 2 saturated heterocycles. The van der Waals surface area contributed by atoms with Gasteiger partial charge < -0.3 is 19.1 Å². The SMILES string of the molecule is Cc1cc(C)c2c(OCC(=O)N3CCC(C4OCCO4)CC3)nn(C)c2n1. The molecule has 0 aliphatic carbocycles. The van der Waals surface area contributed by atoms with Crippen LogP contribution < -0.4 is 4.74 Å². The molecule has 8 nitrogen and oxygen atoms in total. The predicted molar refractivity (Wildman–Crippen MR) is 98.5 cm³/mol. The summed E-state index contributed by atoms with van der Waals surface area (Å²) in [7, 11) is 1.83. The molecule has 8 heteroatoms. The number of nitrogens with zero attached hydrogens (tertiary/aromatic N) is 4. The largest absolute Gasteiger partial charge is 0.466 e. The average Bonchev–Trinajstić information content (AvgIpc) is 3.29. The highest BCUT2D eigenvalue weighted by Gasteiger charge is 2.32. The third-order valence-electron chi connectivity index (χ3n) is 5.34. The number of fused-ring (bicyclic) bond motifs is 1. The number of carbonyl (C=O) groups excluding carboxylic acids is 1. The molecule has 0 spiro atoms. The molecule has 0 aromatic carbocycles. The van der Waals surface area contributed by atoms with Crippen LogP contribution in [0.5, 0.6) is 5.88 Å². The van der Waals surface area contributed by atoms with Gasteiger partial charge in [0, 0.05) is 31.7 Å². The number of aryl methyl sites for hydroxylation is 3. The number of rotatable bonds is 4. The monoisotopic (exact) mass is 374 g/mol. The molecule has 2 aromatic heterocycles. The van der Waals surface area contributed by atoms with Gasteiger partial charge in [0.05, 0.1) is 18.6 Å². The van der Waals surface area contributed by atoms with Crippen LogP contribution in [0.15, 0.2) is 6.07 Å². The van der Waals surface area contributed by atoms with Gasteiger partial charge in [0.2, 0.25) is 5.88 Å². The molecule has 27 heavy (non-hydrogen) atoms. The summed E-state index contributed by atoms with van der Waals surface area (Å²) in [6.45, 7) is 6.70. The Balaban J connectivity index is 1.37. The summed E-state index contributed by atoms with van der Waals surface area (Å²) in [5, 5.41) is 5.27. The quantitative estimate of drug-likeness (QED) is 0.808. The molecule has 4 heterocycles. The van der Waals surface area contributed by atoms with E-state index < -0.39 is 0 Å². The Morgan fingerprint density at radius 1 is 1.26 bits per heavy atom. The summed E-state index contributed by atoms with van der Waals surface area (Å²) >= 11 is 0. The number of hydrogen-bond acceptors (Lipinski definition) is 6. The zero-order valence-electron chi connectivity index (χ0n) is 16.1. The van der Waals surface area contributed by atoms with Crippen LogP contribution >= 0.6 is 0 Å². The zero-order chi connectivity index (χ0) is 19.0. The summed E-state index contributed by atoms with van der Waals surface area (Å²) in [6, 6.07) is 2.00. The van der Waals surface area contributed by atoms with Crippen molar-refractivity contribution in [3.8, 4) is 5.88 Å². The maximum Gasteiger partial charge on any atom is 0.260 e. The number of hydrogen-bond donors (Lipinski definition) is 0. The average molecular weight is 374 g/mol. The molecule has 2 aromatic rings. The standard InChI is InChI=1S/C19H26N4O4/c1-12-10-13(2)20-17-16(12)18(21-22(17)3)27-11-15(24)23-6-4-14(5-7-23)19-25-8-9-26-19/h10,14,19H,4-9,11H2,1-3H3. The minimum Gasteiger partial charge on any atom is -0.466 e. The van der Waals surface area contributed by atoms with Crippen molar-refractivity contribution in [1.82, 2.24) is 19.7 Å². The van der Waals surface area contributed by atoms with Gasteiger partial charge in [0.15, 0.2) is 18.5 Å². The lowest BCUT2D eigenvalue weighted by atomic mass is 9.96. The lowest BCUT2D eigenvalue weighted by Crippen LogP contribution is -2.43. The molecular weight excluding hydrogens is 348 g/mol. The fraction of sp³-hybridized carbons (Fsp3) is 0.632. The number of pyridine rings is 1. The molecular formula is C19H26N4O4. The summed E-state index contributed by atoms with van der Waals surface area (Å²) < 4.78 is 18.7. The fourth-order valence-corrected chi connectivity index (χ4v) is 3.94. The van der Waals surface area contributed by atoms with Crippen LogP contribution in [-0.2, 0) is 21.3 Å². The van der Waals surface area contributed by atoms with Crippen LogP contribution in [-0.4, -0.2) is 64.8 Å². The first-order chi connectivity index (χ1) is 13.0. The number of aromatic nitrogens is 3. The van der Waals surface area contributed by atoms with E-state index in [-0.39, 0.29) is 18.8 Å². The van der Waals surface area contributed by atoms with Crippen LogP contribution in [0, 0.1) is 19.8 Å². The number of carbonyl (C=O) groups is 1. The number of likely N-dealkylation sites (tertiary alicyclic amines) is 1. The van der Waals surface area contributed by atoms with Crippen LogP contribution in [0.1, 0.15) is 24.1 Å². The van der Waals surface area contributed by atoms with Crippen molar-refractivity contribution in [3.63, 3.8) is 0 Å². The van der Waals surface area contributed by atoms with E-state index in [0.717, 1.165) is 35.1 Å². The van der Waals surface area contributed by atoms with Crippen LogP contribution in [0.3, 0.4) is 0 Å². The van der Waals surface area contributed by atoms with Crippen molar-refractivity contribution in [1.29, 1.82) is 0 Å². The Morgan fingerprint density at radius 3 is 2.67 bits per heavy atom. The second-order valence-corrected chi connectivity index (χ2v) is 7.32. The molecule has 0 N–H and O–H groups in total. The zero-order valence-corrected chi connectivity index (χ0v) is 16.1. The van der Waals surface area contributed by atoms with E-state index >= 15 is 0 Å². The topological polar surface area (TPSA) is 78.7 Å². The van der Waals surface area contributed by atoms with Gasteiger partial charge >= 0.3 is 0 Å². The summed E-state index contributed by atoms with van der Waals surface area (Å²) in [5.74, 6) is 0.820. The van der Waals surface area contributed by atoms with Gasteiger partial charge in [0.25, 0.3) is 5.91 Å². The Bertz CT molecular complexity index is 836. The first-order valence-corrected chi connectivity index (χ1v) is 9.47. The molecule has 2 fully saturated rings. The first kappa shape index (κ1) is 18.2. The highest BCUT2D eigenvalue weighted by atomic mass is 16.7. The van der Waals surface area contributed by atoms with Crippen LogP contribution in [0.25, 0.3) is 11.0 Å². The summed E-state index contributed by atoms with van der Waals surface area (Å²) in [5.41, 5.74) is 2.75. The minimum atomic E-state index is -0.0997. The molecule has 0 atom stereocenters. The van der Waals surface area contributed by atoms with Gasteiger partial charge in [-0.2, -0.15) is 0 Å². The highest BCUT2D eigenvalue weighted by Crippen LogP contribution is 2.28. The van der Waals surface area contributed by atoms with Gasteiger partial charge in [-0.1, -0.05) is 0 Å². The van der Waals surface area contributed by atoms with Gasteiger partial charge in [-0.25, -0.2) is 9.67 Å². The number of amides is 1. The second-order valence-electron chi connectivity index (χ2n) is 7.32. The Kier molecular flexibility index (Phi) is 5.01. The Labute approximate surface area is 158 Å². The molecule has 0 bridgehead atoms. The smallest absolute Gasteiger partial charge is 0.260 e. The van der Waals surface area contributed by atoms with Gasteiger partial charge in [-0.3, -0.25) is 4.79 Å². The Morgan fingerprint density at radius 2 is 1.96 bits per heavy atom. The van der Waals surface area contributed by atoms with E-state index in [4.69, 9.17) is 14.2 Å². The minimum absolute atomic E-state index is 0.0134. The molecule has 2 aliphatic heterocycles. The first-order valence-electron chi connectivity index (χ1n) is 9.47. The molecule has 0 saturated carbocycles. The van der Waals surface area contributed by atoms with E-state index in [1.54, 1.807) is 4.68 Å². The van der Waals surface area contributed by atoms with Gasteiger partial charge in [0.1, 0.15) is 0 Å². The van der Waals surface area contributed by atoms with Crippen molar-refractivity contribution >= 4 is 16.9 Å². The van der Waals surface area contributed by atoms with Gasteiger partial charge in [-0.05, 0) is 38.3 Å². The molecule has 0 unspecified atom stereocenters. The molecule has 4 rings (SSSR count). The normalized spacial score (nSPS) is 19.1.